The van der Waals surface area contributed by atoms with Gasteiger partial charge in [0.25, 0.3) is 0 Å². The Hall–Kier alpha value is -0.0400. The van der Waals surface area contributed by atoms with Crippen LogP contribution in [-0.4, -0.2) is 12.6 Å². The lowest BCUT2D eigenvalue weighted by molar-refractivity contribution is 0.425. The van der Waals surface area contributed by atoms with Crippen LogP contribution >= 0.6 is 0 Å². The number of hydrogen-bond acceptors (Lipinski definition) is 1. The first-order chi connectivity index (χ1) is 4.77. The van der Waals surface area contributed by atoms with Gasteiger partial charge in [-0.15, -0.1) is 0 Å². The van der Waals surface area contributed by atoms with E-state index in [0.29, 0.717) is 0 Å². The Bertz CT molecular complexity index is 133. The molecule has 1 nitrogen and oxygen atoms in total. The van der Waals surface area contributed by atoms with Gasteiger partial charge in [0.2, 0.25) is 0 Å². The summed E-state index contributed by atoms with van der Waals surface area (Å²) in [5.74, 6) is 3.03. The topological polar surface area (TPSA) is 12.0 Å². The molecule has 1 aliphatic heterocycles. The van der Waals surface area contributed by atoms with Gasteiger partial charge in [0.1, 0.15) is 0 Å². The van der Waals surface area contributed by atoms with E-state index in [1.165, 1.54) is 19.4 Å². The summed E-state index contributed by atoms with van der Waals surface area (Å²) in [6, 6.07) is 0.801. The van der Waals surface area contributed by atoms with Gasteiger partial charge in [0.15, 0.2) is 0 Å². The van der Waals surface area contributed by atoms with Crippen molar-refractivity contribution in [3.05, 3.63) is 0 Å². The summed E-state index contributed by atoms with van der Waals surface area (Å²) in [4.78, 5) is 0. The SMILES string of the molecule is CC1C[C@H]2CN[C@@H](C)[C@H]2C1. The van der Waals surface area contributed by atoms with Crippen LogP contribution in [0.2, 0.25) is 0 Å². The standard InChI is InChI=1S/C9H17N/c1-6-3-8-5-10-7(2)9(8)4-6/h6-10H,3-5H2,1-2H3/t6?,7-,8-,9+/m0/s1. The molecule has 0 amide bonds. The molecule has 2 fully saturated rings. The van der Waals surface area contributed by atoms with E-state index in [9.17, 15) is 0 Å². The molecule has 0 aromatic carbocycles. The molecule has 1 heteroatoms. The molecule has 4 atom stereocenters. The largest absolute Gasteiger partial charge is 0.314 e. The first-order valence-electron chi connectivity index (χ1n) is 4.50. The Morgan fingerprint density at radius 3 is 2.70 bits per heavy atom. The van der Waals surface area contributed by atoms with Crippen molar-refractivity contribution >= 4 is 0 Å². The first-order valence-corrected chi connectivity index (χ1v) is 4.50. The summed E-state index contributed by atoms with van der Waals surface area (Å²) in [6.45, 7) is 6.02. The van der Waals surface area contributed by atoms with Crippen LogP contribution in [-0.2, 0) is 0 Å². The lowest BCUT2D eigenvalue weighted by Crippen LogP contribution is -2.22. The zero-order chi connectivity index (χ0) is 7.14. The van der Waals surface area contributed by atoms with Gasteiger partial charge in [0.05, 0.1) is 0 Å². The van der Waals surface area contributed by atoms with Crippen LogP contribution in [0.5, 0.6) is 0 Å². The zero-order valence-corrected chi connectivity index (χ0v) is 6.93. The van der Waals surface area contributed by atoms with Crippen molar-refractivity contribution in [2.24, 2.45) is 17.8 Å². The second-order valence-corrected chi connectivity index (χ2v) is 4.20. The summed E-state index contributed by atoms with van der Waals surface area (Å²) in [5.41, 5.74) is 0. The molecule has 1 aliphatic carbocycles. The van der Waals surface area contributed by atoms with Gasteiger partial charge < -0.3 is 5.32 Å². The molecule has 1 heterocycles. The monoisotopic (exact) mass is 139 g/mol. The maximum Gasteiger partial charge on any atom is 0.00703 e. The normalized spacial score (nSPS) is 53.4. The Morgan fingerprint density at radius 2 is 2.00 bits per heavy atom. The van der Waals surface area contributed by atoms with Gasteiger partial charge in [-0.2, -0.15) is 0 Å². The minimum atomic E-state index is 0.801. The Balaban J connectivity index is 2.05. The zero-order valence-electron chi connectivity index (χ0n) is 6.93. The van der Waals surface area contributed by atoms with Crippen molar-refractivity contribution in [1.82, 2.24) is 5.32 Å². The molecular weight excluding hydrogens is 122 g/mol. The van der Waals surface area contributed by atoms with E-state index in [0.717, 1.165) is 23.8 Å². The van der Waals surface area contributed by atoms with Crippen LogP contribution in [0, 0.1) is 17.8 Å². The minimum Gasteiger partial charge on any atom is -0.314 e. The van der Waals surface area contributed by atoms with E-state index in [-0.39, 0.29) is 0 Å². The molecule has 0 radical (unpaired) electrons. The highest BCUT2D eigenvalue weighted by Gasteiger charge is 2.39. The van der Waals surface area contributed by atoms with E-state index >= 15 is 0 Å². The lowest BCUT2D eigenvalue weighted by atomic mass is 9.95. The van der Waals surface area contributed by atoms with Gasteiger partial charge in [-0.25, -0.2) is 0 Å². The van der Waals surface area contributed by atoms with E-state index < -0.39 is 0 Å². The van der Waals surface area contributed by atoms with Gasteiger partial charge in [-0.05, 0) is 44.1 Å². The van der Waals surface area contributed by atoms with Crippen LogP contribution in [0.25, 0.3) is 0 Å². The smallest absolute Gasteiger partial charge is 0.00703 e. The second kappa shape index (κ2) is 2.23. The van der Waals surface area contributed by atoms with E-state index in [1.54, 1.807) is 0 Å². The third kappa shape index (κ3) is 0.878. The molecule has 0 aromatic rings. The molecule has 0 bridgehead atoms. The molecule has 1 saturated carbocycles. The molecule has 1 unspecified atom stereocenters. The van der Waals surface area contributed by atoms with Crippen molar-refractivity contribution in [2.75, 3.05) is 6.54 Å². The van der Waals surface area contributed by atoms with Crippen LogP contribution in [0.15, 0.2) is 0 Å². The highest BCUT2D eigenvalue weighted by atomic mass is 15.0. The Morgan fingerprint density at radius 1 is 1.20 bits per heavy atom. The van der Waals surface area contributed by atoms with Crippen molar-refractivity contribution in [3.63, 3.8) is 0 Å². The van der Waals surface area contributed by atoms with Gasteiger partial charge in [-0.3, -0.25) is 0 Å². The fourth-order valence-corrected chi connectivity index (χ4v) is 2.78. The summed E-state index contributed by atoms with van der Waals surface area (Å²) in [6.07, 6.45) is 2.95. The quantitative estimate of drug-likeness (QED) is 0.538. The van der Waals surface area contributed by atoms with Crippen LogP contribution in [0.1, 0.15) is 26.7 Å². The Labute approximate surface area is 63.2 Å². The highest BCUT2D eigenvalue weighted by molar-refractivity contribution is 4.93. The van der Waals surface area contributed by atoms with Crippen molar-refractivity contribution in [1.29, 1.82) is 0 Å². The predicted molar refractivity (Wildman–Crippen MR) is 42.8 cm³/mol. The molecule has 1 N–H and O–H groups in total. The van der Waals surface area contributed by atoms with E-state index in [1.807, 2.05) is 0 Å². The highest BCUT2D eigenvalue weighted by Crippen LogP contribution is 2.40. The van der Waals surface area contributed by atoms with Crippen LogP contribution in [0.3, 0.4) is 0 Å². The van der Waals surface area contributed by atoms with Crippen molar-refractivity contribution in [3.8, 4) is 0 Å². The number of hydrogen-bond donors (Lipinski definition) is 1. The summed E-state index contributed by atoms with van der Waals surface area (Å²) < 4.78 is 0. The van der Waals surface area contributed by atoms with Gasteiger partial charge >= 0.3 is 0 Å². The van der Waals surface area contributed by atoms with Crippen molar-refractivity contribution < 1.29 is 0 Å². The third-order valence-electron chi connectivity index (χ3n) is 3.33. The average Bonchev–Trinajstić information content (AvgIpc) is 2.35. The Kier molecular flexibility index (Phi) is 1.48. The number of fused-ring (bicyclic) bond motifs is 1. The third-order valence-corrected chi connectivity index (χ3v) is 3.33. The molecule has 2 aliphatic rings. The fourth-order valence-electron chi connectivity index (χ4n) is 2.78. The van der Waals surface area contributed by atoms with Gasteiger partial charge in [0, 0.05) is 6.04 Å². The summed E-state index contributed by atoms with van der Waals surface area (Å²) in [7, 11) is 0. The molecule has 1 saturated heterocycles. The fraction of sp³-hybridized carbons (Fsp3) is 1.00. The lowest BCUT2D eigenvalue weighted by Gasteiger charge is -2.12. The average molecular weight is 139 g/mol. The second-order valence-electron chi connectivity index (χ2n) is 4.20. The minimum absolute atomic E-state index is 0.801. The molecule has 58 valence electrons. The van der Waals surface area contributed by atoms with E-state index in [2.05, 4.69) is 19.2 Å². The molecule has 0 aromatic heterocycles. The van der Waals surface area contributed by atoms with E-state index in [4.69, 9.17) is 0 Å². The molecule has 0 spiro atoms. The van der Waals surface area contributed by atoms with Crippen molar-refractivity contribution in [2.45, 2.75) is 32.7 Å². The summed E-state index contributed by atoms with van der Waals surface area (Å²) in [5, 5.41) is 3.54. The first kappa shape index (κ1) is 6.66. The summed E-state index contributed by atoms with van der Waals surface area (Å²) >= 11 is 0. The van der Waals surface area contributed by atoms with Crippen LogP contribution < -0.4 is 5.32 Å². The maximum absolute atomic E-state index is 3.54. The molecular formula is C9H17N. The number of rotatable bonds is 0. The van der Waals surface area contributed by atoms with Crippen LogP contribution in [0.4, 0.5) is 0 Å². The molecule has 10 heavy (non-hydrogen) atoms. The number of nitrogens with one attached hydrogen (secondary N) is 1. The maximum atomic E-state index is 3.54. The molecule has 2 rings (SSSR count). The van der Waals surface area contributed by atoms with Gasteiger partial charge in [-0.1, -0.05) is 6.92 Å². The predicted octanol–water partition coefficient (Wildman–Crippen LogP) is 1.64.